The fourth-order valence-electron chi connectivity index (χ4n) is 2.39. The topological polar surface area (TPSA) is 66.8 Å². The van der Waals surface area contributed by atoms with Gasteiger partial charge in [-0.25, -0.2) is 0 Å². The second-order valence-electron chi connectivity index (χ2n) is 4.67. The maximum Gasteiger partial charge on any atom is 0.307 e. The summed E-state index contributed by atoms with van der Waals surface area (Å²) in [5, 5.41) is 8.78. The van der Waals surface area contributed by atoms with E-state index in [1.807, 2.05) is 6.92 Å². The molecule has 0 aromatic rings. The lowest BCUT2D eigenvalue weighted by Crippen LogP contribution is -2.42. The van der Waals surface area contributed by atoms with Gasteiger partial charge in [0.1, 0.15) is 0 Å². The number of aliphatic carboxylic acids is 1. The van der Waals surface area contributed by atoms with Crippen molar-refractivity contribution in [3.63, 3.8) is 0 Å². The highest BCUT2D eigenvalue weighted by molar-refractivity contribution is 5.89. The third kappa shape index (κ3) is 1.91. The summed E-state index contributed by atoms with van der Waals surface area (Å²) in [6.45, 7) is 2.62. The molecule has 2 fully saturated rings. The van der Waals surface area contributed by atoms with Crippen molar-refractivity contribution in [1.29, 1.82) is 0 Å². The molecule has 1 heterocycles. The Bertz CT molecular complexity index is 317. The maximum absolute atomic E-state index is 12.0. The first kappa shape index (κ1) is 11.4. The fraction of sp³-hybridized carbons (Fsp3) is 0.818. The largest absolute Gasteiger partial charge is 0.481 e. The third-order valence-corrected chi connectivity index (χ3v) is 3.61. The molecule has 90 valence electrons. The summed E-state index contributed by atoms with van der Waals surface area (Å²) >= 11 is 0. The molecule has 5 nitrogen and oxygen atoms in total. The number of amides is 1. The highest BCUT2D eigenvalue weighted by Gasteiger charge is 2.50. The van der Waals surface area contributed by atoms with E-state index in [4.69, 9.17) is 9.84 Å². The molecule has 0 aromatic carbocycles. The molecule has 0 spiro atoms. The summed E-state index contributed by atoms with van der Waals surface area (Å²) in [4.78, 5) is 24.3. The van der Waals surface area contributed by atoms with Crippen molar-refractivity contribution < 1.29 is 19.4 Å². The van der Waals surface area contributed by atoms with E-state index in [0.717, 1.165) is 6.42 Å². The smallest absolute Gasteiger partial charge is 0.307 e. The minimum absolute atomic E-state index is 0.0465. The van der Waals surface area contributed by atoms with E-state index in [-0.39, 0.29) is 24.0 Å². The molecule has 2 aliphatic rings. The Kier molecular flexibility index (Phi) is 2.88. The molecule has 0 bridgehead atoms. The van der Waals surface area contributed by atoms with Gasteiger partial charge >= 0.3 is 5.97 Å². The number of nitrogens with zero attached hydrogens (tertiary/aromatic N) is 1. The van der Waals surface area contributed by atoms with Gasteiger partial charge in [-0.15, -0.1) is 0 Å². The number of hydrogen-bond donors (Lipinski definition) is 1. The van der Waals surface area contributed by atoms with Gasteiger partial charge in [-0.3, -0.25) is 9.59 Å². The van der Waals surface area contributed by atoms with E-state index in [1.165, 1.54) is 0 Å². The fourth-order valence-corrected chi connectivity index (χ4v) is 2.39. The van der Waals surface area contributed by atoms with E-state index in [0.29, 0.717) is 13.0 Å². The second kappa shape index (κ2) is 4.05. The van der Waals surface area contributed by atoms with Gasteiger partial charge in [0.25, 0.3) is 0 Å². The molecule has 1 amide bonds. The third-order valence-electron chi connectivity index (χ3n) is 3.61. The van der Waals surface area contributed by atoms with Crippen LogP contribution in [0.25, 0.3) is 0 Å². The van der Waals surface area contributed by atoms with Crippen LogP contribution < -0.4 is 0 Å². The number of rotatable bonds is 3. The molecular formula is C11H17NO4. The molecule has 4 atom stereocenters. The molecule has 1 saturated heterocycles. The average Bonchev–Trinajstić information content (AvgIpc) is 2.93. The Morgan fingerprint density at radius 3 is 2.50 bits per heavy atom. The van der Waals surface area contributed by atoms with Crippen molar-refractivity contribution in [1.82, 2.24) is 4.90 Å². The molecule has 1 N–H and O–H groups in total. The maximum atomic E-state index is 12.0. The minimum atomic E-state index is -0.859. The Hall–Kier alpha value is -1.10. The summed E-state index contributed by atoms with van der Waals surface area (Å²) in [6, 6.07) is 0.0996. The van der Waals surface area contributed by atoms with Gasteiger partial charge in [-0.05, 0) is 19.8 Å². The van der Waals surface area contributed by atoms with Gasteiger partial charge in [0, 0.05) is 13.7 Å². The first-order valence-electron chi connectivity index (χ1n) is 5.63. The molecule has 1 aliphatic heterocycles. The van der Waals surface area contributed by atoms with Crippen molar-refractivity contribution in [2.75, 3.05) is 13.7 Å². The van der Waals surface area contributed by atoms with Crippen LogP contribution in [0, 0.1) is 11.8 Å². The Morgan fingerprint density at radius 2 is 2.06 bits per heavy atom. The second-order valence-corrected chi connectivity index (χ2v) is 4.67. The lowest BCUT2D eigenvalue weighted by Gasteiger charge is -2.26. The predicted molar refractivity (Wildman–Crippen MR) is 55.8 cm³/mol. The van der Waals surface area contributed by atoms with Crippen LogP contribution in [-0.2, 0) is 14.3 Å². The predicted octanol–water partition coefficient (Wildman–Crippen LogP) is 0.343. The van der Waals surface area contributed by atoms with Gasteiger partial charge in [-0.2, -0.15) is 0 Å². The summed E-state index contributed by atoms with van der Waals surface area (Å²) < 4.78 is 5.40. The van der Waals surface area contributed by atoms with Crippen LogP contribution in [-0.4, -0.2) is 47.7 Å². The number of ether oxygens (including phenoxy) is 1. The van der Waals surface area contributed by atoms with E-state index < -0.39 is 11.9 Å². The first-order chi connectivity index (χ1) is 7.52. The molecule has 1 saturated carbocycles. The van der Waals surface area contributed by atoms with Crippen molar-refractivity contribution in [3.8, 4) is 0 Å². The summed E-state index contributed by atoms with van der Waals surface area (Å²) in [6.07, 6.45) is 1.38. The van der Waals surface area contributed by atoms with Gasteiger partial charge in [0.15, 0.2) is 0 Å². The molecule has 0 radical (unpaired) electrons. The van der Waals surface area contributed by atoms with Crippen LogP contribution >= 0.6 is 0 Å². The van der Waals surface area contributed by atoms with Gasteiger partial charge in [-0.1, -0.05) is 0 Å². The van der Waals surface area contributed by atoms with Crippen molar-refractivity contribution in [3.05, 3.63) is 0 Å². The monoisotopic (exact) mass is 227 g/mol. The summed E-state index contributed by atoms with van der Waals surface area (Å²) in [5.74, 6) is -1.68. The molecule has 2 unspecified atom stereocenters. The first-order valence-corrected chi connectivity index (χ1v) is 5.63. The van der Waals surface area contributed by atoms with E-state index in [1.54, 1.807) is 11.9 Å². The molecule has 16 heavy (non-hydrogen) atoms. The Morgan fingerprint density at radius 1 is 1.38 bits per heavy atom. The van der Waals surface area contributed by atoms with Gasteiger partial charge < -0.3 is 14.7 Å². The highest BCUT2D eigenvalue weighted by Crippen LogP contribution is 2.40. The summed E-state index contributed by atoms with van der Waals surface area (Å²) in [7, 11) is 1.75. The molecule has 1 aliphatic carbocycles. The lowest BCUT2D eigenvalue weighted by molar-refractivity contribution is -0.142. The standard InChI is InChI=1S/C11H17NO4/c1-6-9(3-4-16-6)12(2)10(13)7-5-8(7)11(14)15/h6-9H,3-5H2,1-2H3,(H,14,15)/t6?,7-,8+,9?/m1/s1. The number of carbonyl (C=O) groups is 2. The molecular weight excluding hydrogens is 210 g/mol. The van der Waals surface area contributed by atoms with Crippen LogP contribution in [0.3, 0.4) is 0 Å². The highest BCUT2D eigenvalue weighted by atomic mass is 16.5. The quantitative estimate of drug-likeness (QED) is 0.755. The van der Waals surface area contributed by atoms with Crippen LogP contribution in [0.4, 0.5) is 0 Å². The number of likely N-dealkylation sites (N-methyl/N-ethyl adjacent to an activating group) is 1. The van der Waals surface area contributed by atoms with Crippen LogP contribution in [0.2, 0.25) is 0 Å². The number of carboxylic acid groups (broad SMARTS) is 1. The SMILES string of the molecule is CC1OCCC1N(C)C(=O)[C@@H]1C[C@@H]1C(=O)O. The Labute approximate surface area is 94.4 Å². The normalized spacial score (nSPS) is 37.1. The minimum Gasteiger partial charge on any atom is -0.481 e. The van der Waals surface area contributed by atoms with Gasteiger partial charge in [0.05, 0.1) is 24.0 Å². The van der Waals surface area contributed by atoms with Crippen molar-refractivity contribution >= 4 is 11.9 Å². The number of hydrogen-bond acceptors (Lipinski definition) is 3. The van der Waals surface area contributed by atoms with Crippen molar-refractivity contribution in [2.24, 2.45) is 11.8 Å². The van der Waals surface area contributed by atoms with Gasteiger partial charge in [0.2, 0.25) is 5.91 Å². The van der Waals surface area contributed by atoms with Crippen LogP contribution in [0.1, 0.15) is 19.8 Å². The zero-order valence-electron chi connectivity index (χ0n) is 9.55. The van der Waals surface area contributed by atoms with Crippen molar-refractivity contribution in [2.45, 2.75) is 31.9 Å². The molecule has 0 aromatic heterocycles. The van der Waals surface area contributed by atoms with E-state index in [2.05, 4.69) is 0 Å². The summed E-state index contributed by atoms with van der Waals surface area (Å²) in [5.41, 5.74) is 0. The van der Waals surface area contributed by atoms with Crippen LogP contribution in [0.5, 0.6) is 0 Å². The Balaban J connectivity index is 1.93. The molecule has 2 rings (SSSR count). The zero-order valence-corrected chi connectivity index (χ0v) is 9.55. The number of carboxylic acids is 1. The lowest BCUT2D eigenvalue weighted by atomic mass is 10.1. The van der Waals surface area contributed by atoms with E-state index >= 15 is 0 Å². The van der Waals surface area contributed by atoms with Crippen LogP contribution in [0.15, 0.2) is 0 Å². The van der Waals surface area contributed by atoms with E-state index in [9.17, 15) is 9.59 Å². The molecule has 5 heteroatoms. The zero-order chi connectivity index (χ0) is 11.9. The number of carbonyl (C=O) groups excluding carboxylic acids is 1. The average molecular weight is 227 g/mol.